The number of carbonyl (C=O) groups excluding carboxylic acids is 1. The van der Waals surface area contributed by atoms with Crippen molar-refractivity contribution < 1.29 is 4.79 Å². The molecule has 0 saturated heterocycles. The fraction of sp³-hybridized carbons (Fsp3) is 0.462. The normalized spacial score (nSPS) is 12.3. The molecular weight excluding hydrogens is 292 g/mol. The van der Waals surface area contributed by atoms with Crippen LogP contribution in [0.2, 0.25) is 0 Å². The topological polar surface area (TPSA) is 66.9 Å². The molecule has 2 rings (SSSR count). The van der Waals surface area contributed by atoms with Gasteiger partial charge in [0.15, 0.2) is 5.13 Å². The Morgan fingerprint density at radius 2 is 2.15 bits per heavy atom. The maximum Gasteiger partial charge on any atom is 0.240 e. The standard InChI is InChI=1S/C13H18N4OS2/c1-4-12-16-10(7-19-12)9(3)14-5-11(18)17-13-15-8(2)6-20-13/h6-7,9,14H,4-5H2,1-3H3,(H,15,17,18)/t9-/m1/s1. The lowest BCUT2D eigenvalue weighted by atomic mass is 10.2. The quantitative estimate of drug-likeness (QED) is 0.861. The molecule has 2 heterocycles. The molecule has 0 aliphatic heterocycles. The van der Waals surface area contributed by atoms with Crippen LogP contribution in [0.4, 0.5) is 5.13 Å². The highest BCUT2D eigenvalue weighted by molar-refractivity contribution is 7.13. The Kier molecular flexibility index (Phi) is 5.22. The van der Waals surface area contributed by atoms with E-state index in [1.807, 2.05) is 24.6 Å². The van der Waals surface area contributed by atoms with Gasteiger partial charge in [0.2, 0.25) is 5.91 Å². The molecule has 0 fully saturated rings. The number of thiazole rings is 2. The molecule has 0 spiro atoms. The monoisotopic (exact) mass is 310 g/mol. The number of carbonyl (C=O) groups is 1. The predicted octanol–water partition coefficient (Wildman–Crippen LogP) is 2.76. The maximum absolute atomic E-state index is 11.8. The minimum absolute atomic E-state index is 0.0651. The Labute approximate surface area is 126 Å². The van der Waals surface area contributed by atoms with Crippen molar-refractivity contribution >= 4 is 33.7 Å². The first-order valence-corrected chi connectivity index (χ1v) is 8.24. The molecular formula is C13H18N4OS2. The molecule has 0 saturated carbocycles. The van der Waals surface area contributed by atoms with E-state index in [-0.39, 0.29) is 18.5 Å². The number of nitrogens with one attached hydrogen (secondary N) is 2. The molecule has 108 valence electrons. The van der Waals surface area contributed by atoms with Crippen molar-refractivity contribution in [3.8, 4) is 0 Å². The summed E-state index contributed by atoms with van der Waals surface area (Å²) in [6.07, 6.45) is 0.946. The zero-order valence-corrected chi connectivity index (χ0v) is 13.4. The van der Waals surface area contributed by atoms with E-state index < -0.39 is 0 Å². The number of hydrogen-bond acceptors (Lipinski definition) is 6. The molecule has 1 atom stereocenters. The van der Waals surface area contributed by atoms with Crippen LogP contribution in [0.5, 0.6) is 0 Å². The molecule has 0 radical (unpaired) electrons. The third kappa shape index (κ3) is 4.09. The summed E-state index contributed by atoms with van der Waals surface area (Å²) in [4.78, 5) is 20.5. The van der Waals surface area contributed by atoms with Gasteiger partial charge < -0.3 is 10.6 Å². The number of nitrogens with zero attached hydrogens (tertiary/aromatic N) is 2. The summed E-state index contributed by atoms with van der Waals surface area (Å²) in [6, 6.07) is 0.0651. The Morgan fingerprint density at radius 1 is 1.35 bits per heavy atom. The Balaban J connectivity index is 1.80. The van der Waals surface area contributed by atoms with E-state index in [9.17, 15) is 4.79 Å². The first kappa shape index (κ1) is 15.1. The number of amides is 1. The SMILES string of the molecule is CCc1nc([C@@H](C)NCC(=O)Nc2nc(C)cs2)cs1. The van der Waals surface area contributed by atoms with Crippen LogP contribution in [0.3, 0.4) is 0 Å². The van der Waals surface area contributed by atoms with Gasteiger partial charge in [-0.3, -0.25) is 4.79 Å². The second kappa shape index (κ2) is 6.92. The number of hydrogen-bond donors (Lipinski definition) is 2. The fourth-order valence-electron chi connectivity index (χ4n) is 1.61. The summed E-state index contributed by atoms with van der Waals surface area (Å²) in [5.41, 5.74) is 1.91. The summed E-state index contributed by atoms with van der Waals surface area (Å²) < 4.78 is 0. The molecule has 2 aromatic rings. The molecule has 0 aliphatic carbocycles. The fourth-order valence-corrected chi connectivity index (χ4v) is 3.15. The van der Waals surface area contributed by atoms with E-state index in [0.29, 0.717) is 5.13 Å². The summed E-state index contributed by atoms with van der Waals surface area (Å²) in [5, 5.41) is 11.7. The molecule has 5 nitrogen and oxygen atoms in total. The summed E-state index contributed by atoms with van der Waals surface area (Å²) in [7, 11) is 0. The average Bonchev–Trinajstić information content (AvgIpc) is 3.05. The lowest BCUT2D eigenvalue weighted by Crippen LogP contribution is -2.30. The van der Waals surface area contributed by atoms with E-state index >= 15 is 0 Å². The first-order valence-electron chi connectivity index (χ1n) is 6.48. The van der Waals surface area contributed by atoms with Crippen LogP contribution >= 0.6 is 22.7 Å². The van der Waals surface area contributed by atoms with Gasteiger partial charge in [0.25, 0.3) is 0 Å². The minimum atomic E-state index is -0.0860. The zero-order valence-electron chi connectivity index (χ0n) is 11.8. The van der Waals surface area contributed by atoms with Crippen LogP contribution < -0.4 is 10.6 Å². The third-order valence-corrected chi connectivity index (χ3v) is 4.64. The van der Waals surface area contributed by atoms with Crippen molar-refractivity contribution in [2.75, 3.05) is 11.9 Å². The van der Waals surface area contributed by atoms with Gasteiger partial charge in [0, 0.05) is 16.8 Å². The van der Waals surface area contributed by atoms with Crippen molar-refractivity contribution in [3.63, 3.8) is 0 Å². The van der Waals surface area contributed by atoms with Crippen molar-refractivity contribution in [3.05, 3.63) is 27.2 Å². The van der Waals surface area contributed by atoms with Gasteiger partial charge in [0.1, 0.15) is 0 Å². The lowest BCUT2D eigenvalue weighted by Gasteiger charge is -2.10. The van der Waals surface area contributed by atoms with Gasteiger partial charge in [-0.25, -0.2) is 9.97 Å². The molecule has 2 aromatic heterocycles. The van der Waals surface area contributed by atoms with Crippen molar-refractivity contribution in [2.45, 2.75) is 33.2 Å². The van der Waals surface area contributed by atoms with Gasteiger partial charge >= 0.3 is 0 Å². The number of rotatable bonds is 6. The van der Waals surface area contributed by atoms with Gasteiger partial charge in [0.05, 0.1) is 22.9 Å². The van der Waals surface area contributed by atoms with E-state index in [0.717, 1.165) is 22.8 Å². The molecule has 0 unspecified atom stereocenters. The van der Waals surface area contributed by atoms with Crippen LogP contribution in [0.1, 0.15) is 36.3 Å². The smallest absolute Gasteiger partial charge is 0.240 e. The largest absolute Gasteiger partial charge is 0.301 e. The van der Waals surface area contributed by atoms with Gasteiger partial charge in [-0.2, -0.15) is 0 Å². The van der Waals surface area contributed by atoms with E-state index in [2.05, 4.69) is 27.5 Å². The van der Waals surface area contributed by atoms with Crippen LogP contribution in [-0.4, -0.2) is 22.4 Å². The van der Waals surface area contributed by atoms with Crippen LogP contribution in [0.15, 0.2) is 10.8 Å². The zero-order chi connectivity index (χ0) is 14.5. The number of anilines is 1. The van der Waals surface area contributed by atoms with Gasteiger partial charge in [-0.15, -0.1) is 22.7 Å². The highest BCUT2D eigenvalue weighted by Gasteiger charge is 2.11. The van der Waals surface area contributed by atoms with Crippen LogP contribution in [-0.2, 0) is 11.2 Å². The maximum atomic E-state index is 11.8. The van der Waals surface area contributed by atoms with Crippen molar-refractivity contribution in [1.82, 2.24) is 15.3 Å². The molecule has 7 heteroatoms. The van der Waals surface area contributed by atoms with E-state index in [1.54, 1.807) is 11.3 Å². The summed E-state index contributed by atoms with van der Waals surface area (Å²) >= 11 is 3.09. The molecule has 0 aliphatic rings. The van der Waals surface area contributed by atoms with E-state index in [1.165, 1.54) is 11.3 Å². The number of aromatic nitrogens is 2. The van der Waals surface area contributed by atoms with Crippen LogP contribution in [0, 0.1) is 6.92 Å². The van der Waals surface area contributed by atoms with Crippen molar-refractivity contribution in [2.24, 2.45) is 0 Å². The molecule has 2 N–H and O–H groups in total. The molecule has 0 bridgehead atoms. The lowest BCUT2D eigenvalue weighted by molar-refractivity contribution is -0.115. The first-order chi connectivity index (χ1) is 9.58. The highest BCUT2D eigenvalue weighted by atomic mass is 32.1. The molecule has 1 amide bonds. The number of aryl methyl sites for hydroxylation is 2. The van der Waals surface area contributed by atoms with Crippen LogP contribution in [0.25, 0.3) is 0 Å². The molecule has 20 heavy (non-hydrogen) atoms. The summed E-state index contributed by atoms with van der Waals surface area (Å²) in [6.45, 7) is 6.25. The second-order valence-electron chi connectivity index (χ2n) is 4.46. The Morgan fingerprint density at radius 3 is 2.75 bits per heavy atom. The summed E-state index contributed by atoms with van der Waals surface area (Å²) in [5.74, 6) is -0.0860. The predicted molar refractivity (Wildman–Crippen MR) is 83.4 cm³/mol. The van der Waals surface area contributed by atoms with E-state index in [4.69, 9.17) is 0 Å². The average molecular weight is 310 g/mol. The third-order valence-electron chi connectivity index (χ3n) is 2.75. The Hall–Kier alpha value is -1.31. The minimum Gasteiger partial charge on any atom is -0.301 e. The second-order valence-corrected chi connectivity index (χ2v) is 6.27. The van der Waals surface area contributed by atoms with Gasteiger partial charge in [-0.1, -0.05) is 6.92 Å². The molecule has 0 aromatic carbocycles. The van der Waals surface area contributed by atoms with Crippen molar-refractivity contribution in [1.29, 1.82) is 0 Å². The van der Waals surface area contributed by atoms with Gasteiger partial charge in [-0.05, 0) is 20.3 Å². The Bertz CT molecular complexity index is 578. The highest BCUT2D eigenvalue weighted by Crippen LogP contribution is 2.17.